The third-order valence-corrected chi connectivity index (χ3v) is 1.58. The number of hydrogen-bond donors (Lipinski definition) is 1. The van der Waals surface area contributed by atoms with Gasteiger partial charge in [-0.2, -0.15) is 0 Å². The molecule has 0 spiro atoms. The van der Waals surface area contributed by atoms with Crippen LogP contribution in [0, 0.1) is 0 Å². The average Bonchev–Trinajstić information content (AvgIpc) is 2.72. The van der Waals surface area contributed by atoms with E-state index in [0.29, 0.717) is 12.5 Å². The van der Waals surface area contributed by atoms with E-state index in [-0.39, 0.29) is 6.61 Å². The number of hydrogen-bond acceptors (Lipinski definition) is 3. The molecule has 0 aliphatic carbocycles. The van der Waals surface area contributed by atoms with Crippen LogP contribution in [0.25, 0.3) is 0 Å². The lowest BCUT2D eigenvalue weighted by Gasteiger charge is -2.00. The zero-order valence-corrected chi connectivity index (χ0v) is 11.4. The van der Waals surface area contributed by atoms with Gasteiger partial charge in [-0.1, -0.05) is 34.6 Å². The predicted octanol–water partition coefficient (Wildman–Crippen LogP) is 2.41. The zero-order chi connectivity index (χ0) is 13.0. The lowest BCUT2D eigenvalue weighted by Crippen LogP contribution is -2.03. The Morgan fingerprint density at radius 1 is 1.31 bits per heavy atom. The number of aliphatic hydroxyl groups is 1. The maximum Gasteiger partial charge on any atom is 0.236 e. The van der Waals surface area contributed by atoms with Crippen molar-refractivity contribution in [1.82, 2.24) is 9.78 Å². The van der Waals surface area contributed by atoms with Crippen molar-refractivity contribution < 1.29 is 9.84 Å². The van der Waals surface area contributed by atoms with E-state index in [4.69, 9.17) is 9.84 Å². The maximum atomic E-state index is 8.54. The van der Waals surface area contributed by atoms with Crippen molar-refractivity contribution >= 4 is 0 Å². The van der Waals surface area contributed by atoms with E-state index in [0.717, 1.165) is 12.0 Å². The summed E-state index contributed by atoms with van der Waals surface area (Å²) in [6.07, 6.45) is 2.82. The molecule has 0 saturated heterocycles. The van der Waals surface area contributed by atoms with Gasteiger partial charge in [0.2, 0.25) is 5.88 Å². The topological polar surface area (TPSA) is 47.3 Å². The molecule has 0 saturated carbocycles. The first kappa shape index (κ1) is 17.4. The van der Waals surface area contributed by atoms with Crippen LogP contribution in [-0.2, 0) is 13.5 Å². The molecule has 16 heavy (non-hydrogen) atoms. The molecular weight excluding hydrogens is 204 g/mol. The van der Waals surface area contributed by atoms with E-state index >= 15 is 0 Å². The van der Waals surface area contributed by atoms with Gasteiger partial charge in [0.05, 0.1) is 6.61 Å². The van der Waals surface area contributed by atoms with Crippen molar-refractivity contribution in [1.29, 1.82) is 0 Å². The summed E-state index contributed by atoms with van der Waals surface area (Å²) in [5.41, 5.74) is 1.07. The molecule has 0 amide bonds. The molecule has 0 radical (unpaired) electrons. The molecule has 4 heteroatoms. The Morgan fingerprint density at radius 3 is 2.31 bits per heavy atom. The summed E-state index contributed by atoms with van der Waals surface area (Å²) in [4.78, 5) is 0. The third kappa shape index (κ3) is 6.45. The van der Waals surface area contributed by atoms with Gasteiger partial charge in [-0.15, -0.1) is 5.10 Å². The second-order valence-electron chi connectivity index (χ2n) is 2.56. The molecule has 1 N–H and O–H groups in total. The van der Waals surface area contributed by atoms with Gasteiger partial charge in [0.15, 0.2) is 0 Å². The summed E-state index contributed by atoms with van der Waals surface area (Å²) in [7, 11) is 1.85. The fourth-order valence-corrected chi connectivity index (χ4v) is 1.02. The van der Waals surface area contributed by atoms with Gasteiger partial charge in [0.1, 0.15) is 6.61 Å². The van der Waals surface area contributed by atoms with Gasteiger partial charge in [0, 0.05) is 18.8 Å². The Hall–Kier alpha value is -1.03. The fourth-order valence-electron chi connectivity index (χ4n) is 1.02. The first-order chi connectivity index (χ1) is 7.77. The average molecular weight is 230 g/mol. The summed E-state index contributed by atoms with van der Waals surface area (Å²) in [5.74, 6) is 0.633. The Balaban J connectivity index is 0. The van der Waals surface area contributed by atoms with E-state index in [1.54, 1.807) is 4.68 Å². The van der Waals surface area contributed by atoms with Crippen molar-refractivity contribution in [2.24, 2.45) is 7.05 Å². The van der Waals surface area contributed by atoms with E-state index in [9.17, 15) is 0 Å². The highest BCUT2D eigenvalue weighted by Crippen LogP contribution is 2.15. The highest BCUT2D eigenvalue weighted by Gasteiger charge is 2.05. The minimum Gasteiger partial charge on any atom is -0.474 e. The van der Waals surface area contributed by atoms with Crippen LogP contribution < -0.4 is 4.74 Å². The van der Waals surface area contributed by atoms with Gasteiger partial charge < -0.3 is 9.84 Å². The highest BCUT2D eigenvalue weighted by molar-refractivity contribution is 5.22. The number of nitrogens with zero attached hydrogens (tertiary/aromatic N) is 2. The van der Waals surface area contributed by atoms with Crippen LogP contribution in [0.1, 0.15) is 40.2 Å². The van der Waals surface area contributed by atoms with Gasteiger partial charge in [0.25, 0.3) is 0 Å². The molecule has 1 rings (SSSR count). The maximum absolute atomic E-state index is 8.54. The van der Waals surface area contributed by atoms with Crippen LogP contribution in [0.4, 0.5) is 0 Å². The molecule has 1 heterocycles. The molecule has 0 aliphatic heterocycles. The lowest BCUT2D eigenvalue weighted by atomic mass is 10.3. The minimum atomic E-state index is 0.0275. The summed E-state index contributed by atoms with van der Waals surface area (Å²) < 4.78 is 6.93. The van der Waals surface area contributed by atoms with E-state index in [1.807, 2.05) is 47.9 Å². The quantitative estimate of drug-likeness (QED) is 0.864. The number of aliphatic hydroxyl groups excluding tert-OH is 1. The Kier molecular flexibility index (Phi) is 13.1. The van der Waals surface area contributed by atoms with E-state index in [2.05, 4.69) is 5.10 Å². The number of ether oxygens (including phenoxy) is 1. The standard InChI is InChI=1S/C8H14N2O2.2C2H6/c1-3-7-6-10(2)9-8(7)12-5-4-11;2*1-2/h6,11H,3-5H2,1-2H3;2*1-2H3. The highest BCUT2D eigenvalue weighted by atomic mass is 16.5. The first-order valence-corrected chi connectivity index (χ1v) is 6.04. The van der Waals surface area contributed by atoms with Crippen LogP contribution >= 0.6 is 0 Å². The van der Waals surface area contributed by atoms with Gasteiger partial charge >= 0.3 is 0 Å². The van der Waals surface area contributed by atoms with E-state index < -0.39 is 0 Å². The number of rotatable bonds is 4. The van der Waals surface area contributed by atoms with Crippen LogP contribution in [-0.4, -0.2) is 28.1 Å². The molecule has 96 valence electrons. The molecule has 0 atom stereocenters. The van der Waals surface area contributed by atoms with Crippen LogP contribution in [0.3, 0.4) is 0 Å². The second-order valence-corrected chi connectivity index (χ2v) is 2.56. The molecule has 0 aliphatic rings. The minimum absolute atomic E-state index is 0.0275. The second kappa shape index (κ2) is 12.0. The zero-order valence-electron chi connectivity index (χ0n) is 11.4. The Labute approximate surface area is 99.2 Å². The summed E-state index contributed by atoms with van der Waals surface area (Å²) in [6.45, 7) is 10.4. The molecule has 0 fully saturated rings. The normalized spacial score (nSPS) is 8.44. The molecule has 0 bridgehead atoms. The van der Waals surface area contributed by atoms with Crippen molar-refractivity contribution in [2.75, 3.05) is 13.2 Å². The molecule has 0 aromatic carbocycles. The van der Waals surface area contributed by atoms with Crippen molar-refractivity contribution in [2.45, 2.75) is 41.0 Å². The molecular formula is C12H26N2O2. The Bertz CT molecular complexity index is 247. The summed E-state index contributed by atoms with van der Waals surface area (Å²) in [5, 5.41) is 12.6. The van der Waals surface area contributed by atoms with Gasteiger partial charge in [-0.25, -0.2) is 0 Å². The molecule has 0 unspecified atom stereocenters. The van der Waals surface area contributed by atoms with Gasteiger partial charge in [-0.05, 0) is 6.42 Å². The monoisotopic (exact) mass is 230 g/mol. The summed E-state index contributed by atoms with van der Waals surface area (Å²) in [6, 6.07) is 0. The lowest BCUT2D eigenvalue weighted by molar-refractivity contribution is 0.195. The summed E-state index contributed by atoms with van der Waals surface area (Å²) >= 11 is 0. The van der Waals surface area contributed by atoms with Crippen LogP contribution in [0.5, 0.6) is 5.88 Å². The largest absolute Gasteiger partial charge is 0.474 e. The fraction of sp³-hybridized carbons (Fsp3) is 0.750. The van der Waals surface area contributed by atoms with Gasteiger partial charge in [-0.3, -0.25) is 4.68 Å². The molecule has 1 aromatic heterocycles. The molecule has 4 nitrogen and oxygen atoms in total. The van der Waals surface area contributed by atoms with Crippen molar-refractivity contribution in [3.05, 3.63) is 11.8 Å². The molecule has 1 aromatic rings. The first-order valence-electron chi connectivity index (χ1n) is 6.04. The Morgan fingerprint density at radius 2 is 1.88 bits per heavy atom. The number of aromatic nitrogens is 2. The SMILES string of the molecule is CC.CC.CCc1cn(C)nc1OCCO. The van der Waals surface area contributed by atoms with Crippen molar-refractivity contribution in [3.63, 3.8) is 0 Å². The number of aryl methyl sites for hydroxylation is 2. The third-order valence-electron chi connectivity index (χ3n) is 1.58. The smallest absolute Gasteiger partial charge is 0.236 e. The van der Waals surface area contributed by atoms with E-state index in [1.165, 1.54) is 0 Å². The van der Waals surface area contributed by atoms with Crippen molar-refractivity contribution in [3.8, 4) is 5.88 Å². The van der Waals surface area contributed by atoms with Crippen LogP contribution in [0.2, 0.25) is 0 Å². The van der Waals surface area contributed by atoms with Crippen LogP contribution in [0.15, 0.2) is 6.20 Å². The predicted molar refractivity (Wildman–Crippen MR) is 67.9 cm³/mol.